The fourth-order valence-corrected chi connectivity index (χ4v) is 4.36. The van der Waals surface area contributed by atoms with Crippen molar-refractivity contribution in [3.63, 3.8) is 0 Å². The predicted molar refractivity (Wildman–Crippen MR) is 70.0 cm³/mol. The molecule has 2 fully saturated rings. The van der Waals surface area contributed by atoms with E-state index >= 15 is 0 Å². The van der Waals surface area contributed by atoms with Crippen molar-refractivity contribution in [3.05, 3.63) is 0 Å². The maximum Gasteiger partial charge on any atom is 0.0314 e. The third-order valence-electron chi connectivity index (χ3n) is 3.78. The number of halogens is 1. The van der Waals surface area contributed by atoms with Gasteiger partial charge in [-0.15, -0.1) is 11.6 Å². The number of nitrogens with zero attached hydrogens (tertiary/aromatic N) is 1. The van der Waals surface area contributed by atoms with Crippen LogP contribution in [0.25, 0.3) is 0 Å². The van der Waals surface area contributed by atoms with Gasteiger partial charge in [0.15, 0.2) is 0 Å². The molecule has 0 N–H and O–H groups in total. The van der Waals surface area contributed by atoms with Crippen LogP contribution in [-0.4, -0.2) is 41.4 Å². The summed E-state index contributed by atoms with van der Waals surface area (Å²) in [5.74, 6) is 4.23. The third kappa shape index (κ3) is 3.28. The van der Waals surface area contributed by atoms with Crippen LogP contribution >= 0.6 is 23.4 Å². The third-order valence-corrected chi connectivity index (χ3v) is 5.35. The van der Waals surface area contributed by atoms with E-state index in [9.17, 15) is 0 Å². The molecule has 0 aromatic heterocycles. The lowest BCUT2D eigenvalue weighted by Gasteiger charge is -2.44. The molecule has 2 aliphatic heterocycles. The number of rotatable bonds is 4. The van der Waals surface area contributed by atoms with Crippen LogP contribution in [0.3, 0.4) is 0 Å². The Morgan fingerprint density at radius 1 is 1.13 bits per heavy atom. The molecule has 0 radical (unpaired) electrons. The van der Waals surface area contributed by atoms with Gasteiger partial charge >= 0.3 is 0 Å². The van der Waals surface area contributed by atoms with Crippen LogP contribution in [0.15, 0.2) is 0 Å². The second kappa shape index (κ2) is 6.36. The summed E-state index contributed by atoms with van der Waals surface area (Å²) in [6.07, 6.45) is 7.21. The molecule has 1 nitrogen and oxygen atoms in total. The molecule has 88 valence electrons. The smallest absolute Gasteiger partial charge is 0.0314 e. The molecule has 0 bridgehead atoms. The first kappa shape index (κ1) is 12.1. The summed E-state index contributed by atoms with van der Waals surface area (Å²) in [4.78, 5) is 2.75. The molecule has 15 heavy (non-hydrogen) atoms. The lowest BCUT2D eigenvalue weighted by molar-refractivity contribution is 0.0693. The van der Waals surface area contributed by atoms with Crippen LogP contribution in [0.4, 0.5) is 0 Å². The highest BCUT2D eigenvalue weighted by atomic mass is 35.5. The number of hydrogen-bond acceptors (Lipinski definition) is 2. The minimum Gasteiger partial charge on any atom is -0.300 e. The summed E-state index contributed by atoms with van der Waals surface area (Å²) in [5, 5.41) is 0. The van der Waals surface area contributed by atoms with Gasteiger partial charge in [0.2, 0.25) is 0 Å². The zero-order valence-electron chi connectivity index (χ0n) is 9.46. The van der Waals surface area contributed by atoms with Gasteiger partial charge in [-0.25, -0.2) is 0 Å². The molecular formula is C12H22ClNS. The summed E-state index contributed by atoms with van der Waals surface area (Å²) in [6.45, 7) is 2.72. The minimum absolute atomic E-state index is 0.811. The lowest BCUT2D eigenvalue weighted by atomic mass is 9.85. The number of hydrogen-bond donors (Lipinski definition) is 0. The number of piperidine rings is 2. The van der Waals surface area contributed by atoms with Gasteiger partial charge in [0.05, 0.1) is 0 Å². The SMILES string of the molecule is ClCCSC[C@@H]1CCCN2CCCC[C@H]12. The standard InChI is InChI=1S/C12H22ClNS/c13-6-9-15-10-11-4-3-8-14-7-2-1-5-12(11)14/h11-12H,1-10H2/t11-,12+/m0/s1. The molecule has 0 spiro atoms. The molecule has 2 aliphatic rings. The van der Waals surface area contributed by atoms with Crippen molar-refractivity contribution in [1.82, 2.24) is 4.90 Å². The highest BCUT2D eigenvalue weighted by Gasteiger charge is 2.32. The van der Waals surface area contributed by atoms with E-state index in [1.54, 1.807) is 0 Å². The second-order valence-electron chi connectivity index (χ2n) is 4.77. The van der Waals surface area contributed by atoms with Crippen LogP contribution in [0.2, 0.25) is 0 Å². The summed E-state index contributed by atoms with van der Waals surface area (Å²) < 4.78 is 0. The van der Waals surface area contributed by atoms with Crippen molar-refractivity contribution in [2.24, 2.45) is 5.92 Å². The van der Waals surface area contributed by atoms with Crippen LogP contribution in [0.5, 0.6) is 0 Å². The first-order valence-corrected chi connectivity index (χ1v) is 7.98. The molecule has 2 heterocycles. The molecule has 0 unspecified atom stereocenters. The average molecular weight is 248 g/mol. The van der Waals surface area contributed by atoms with Crippen LogP contribution < -0.4 is 0 Å². The maximum absolute atomic E-state index is 5.73. The predicted octanol–water partition coefficient (Wildman–Crippen LogP) is 3.22. The maximum atomic E-state index is 5.73. The van der Waals surface area contributed by atoms with E-state index in [4.69, 9.17) is 11.6 Å². The van der Waals surface area contributed by atoms with Gasteiger partial charge in [-0.3, -0.25) is 0 Å². The first-order valence-electron chi connectivity index (χ1n) is 6.29. The fourth-order valence-electron chi connectivity index (χ4n) is 3.06. The molecule has 2 saturated heterocycles. The van der Waals surface area contributed by atoms with Crippen molar-refractivity contribution < 1.29 is 0 Å². The fraction of sp³-hybridized carbons (Fsp3) is 1.00. The Hall–Kier alpha value is 0.600. The van der Waals surface area contributed by atoms with Crippen molar-refractivity contribution in [3.8, 4) is 0 Å². The number of alkyl halides is 1. The highest BCUT2D eigenvalue weighted by molar-refractivity contribution is 7.99. The van der Waals surface area contributed by atoms with E-state index < -0.39 is 0 Å². The Kier molecular flexibility index (Phi) is 5.12. The largest absolute Gasteiger partial charge is 0.300 e. The molecule has 0 amide bonds. The van der Waals surface area contributed by atoms with Gasteiger partial charge < -0.3 is 4.90 Å². The minimum atomic E-state index is 0.811. The quantitative estimate of drug-likeness (QED) is 0.554. The molecule has 0 aromatic rings. The highest BCUT2D eigenvalue weighted by Crippen LogP contribution is 2.32. The van der Waals surface area contributed by atoms with Crippen LogP contribution in [0.1, 0.15) is 32.1 Å². The normalized spacial score (nSPS) is 32.6. The Bertz CT molecular complexity index is 186. The van der Waals surface area contributed by atoms with E-state index in [0.29, 0.717) is 0 Å². The van der Waals surface area contributed by atoms with Crippen molar-refractivity contribution in [2.45, 2.75) is 38.1 Å². The van der Waals surface area contributed by atoms with E-state index in [-0.39, 0.29) is 0 Å². The molecule has 2 rings (SSSR count). The zero-order chi connectivity index (χ0) is 10.5. The monoisotopic (exact) mass is 247 g/mol. The summed E-state index contributed by atoms with van der Waals surface area (Å²) >= 11 is 7.78. The van der Waals surface area contributed by atoms with Crippen LogP contribution in [0, 0.1) is 5.92 Å². The first-order chi connectivity index (χ1) is 7.42. The van der Waals surface area contributed by atoms with Crippen molar-refractivity contribution in [2.75, 3.05) is 30.5 Å². The molecule has 3 heteroatoms. The van der Waals surface area contributed by atoms with Gasteiger partial charge in [0.25, 0.3) is 0 Å². The topological polar surface area (TPSA) is 3.24 Å². The summed E-state index contributed by atoms with van der Waals surface area (Å²) in [5.41, 5.74) is 0. The van der Waals surface area contributed by atoms with E-state index in [1.807, 2.05) is 0 Å². The Balaban J connectivity index is 1.81. The number of thioether (sulfide) groups is 1. The van der Waals surface area contributed by atoms with Gasteiger partial charge in [-0.05, 0) is 50.4 Å². The van der Waals surface area contributed by atoms with Crippen molar-refractivity contribution >= 4 is 23.4 Å². The van der Waals surface area contributed by atoms with Gasteiger partial charge in [0.1, 0.15) is 0 Å². The van der Waals surface area contributed by atoms with E-state index in [1.165, 1.54) is 50.9 Å². The summed E-state index contributed by atoms with van der Waals surface area (Å²) in [7, 11) is 0. The summed E-state index contributed by atoms with van der Waals surface area (Å²) in [6, 6.07) is 0.912. The Morgan fingerprint density at radius 2 is 2.00 bits per heavy atom. The van der Waals surface area contributed by atoms with Gasteiger partial charge in [-0.2, -0.15) is 11.8 Å². The molecule has 2 atom stereocenters. The number of fused-ring (bicyclic) bond motifs is 1. The second-order valence-corrected chi connectivity index (χ2v) is 6.29. The lowest BCUT2D eigenvalue weighted by Crippen LogP contribution is -2.48. The van der Waals surface area contributed by atoms with E-state index in [2.05, 4.69) is 16.7 Å². The average Bonchev–Trinajstić information content (AvgIpc) is 2.30. The Labute approximate surface area is 103 Å². The Morgan fingerprint density at radius 3 is 2.87 bits per heavy atom. The zero-order valence-corrected chi connectivity index (χ0v) is 11.0. The van der Waals surface area contributed by atoms with Gasteiger partial charge in [-0.1, -0.05) is 6.42 Å². The molecule has 0 saturated carbocycles. The molecular weight excluding hydrogens is 226 g/mol. The van der Waals surface area contributed by atoms with Crippen molar-refractivity contribution in [1.29, 1.82) is 0 Å². The molecule has 0 aliphatic carbocycles. The van der Waals surface area contributed by atoms with Crippen LogP contribution in [-0.2, 0) is 0 Å². The van der Waals surface area contributed by atoms with Gasteiger partial charge in [0, 0.05) is 17.7 Å². The molecule has 0 aromatic carbocycles. The van der Waals surface area contributed by atoms with E-state index in [0.717, 1.165) is 23.6 Å².